The van der Waals surface area contributed by atoms with Gasteiger partial charge in [0.15, 0.2) is 0 Å². The lowest BCUT2D eigenvalue weighted by molar-refractivity contribution is 0.578. The predicted octanol–water partition coefficient (Wildman–Crippen LogP) is 4.30. The largest absolute Gasteiger partial charge is 0.371 e. The first kappa shape index (κ1) is 13.4. The van der Waals surface area contributed by atoms with E-state index >= 15 is 0 Å². The second-order valence-electron chi connectivity index (χ2n) is 6.19. The maximum atomic E-state index is 4.80. The van der Waals surface area contributed by atoms with Crippen LogP contribution in [0.3, 0.4) is 0 Å². The third-order valence-electron chi connectivity index (χ3n) is 4.51. The normalized spacial score (nSPS) is 15.4. The van der Waals surface area contributed by atoms with Gasteiger partial charge in [-0.05, 0) is 32.3 Å². The highest BCUT2D eigenvalue weighted by molar-refractivity contribution is 5.65. The van der Waals surface area contributed by atoms with E-state index in [9.17, 15) is 0 Å². The van der Waals surface area contributed by atoms with E-state index in [2.05, 4.69) is 65.0 Å². The molecule has 0 radical (unpaired) electrons. The second-order valence-corrected chi connectivity index (χ2v) is 6.19. The lowest BCUT2D eigenvalue weighted by atomic mass is 10.1. The van der Waals surface area contributed by atoms with E-state index in [-0.39, 0.29) is 0 Å². The molecule has 0 bridgehead atoms. The van der Waals surface area contributed by atoms with Crippen molar-refractivity contribution in [2.45, 2.75) is 26.2 Å². The standard InChI is InChI=1S/C19H21N3/c1-15-5-7-16(8-6-15)18-14-22-12-9-17(13-19(22)20-18)21-10-3-2-4-11-21/h5-9,12-14H,2-4,10-11H2,1H3. The fourth-order valence-corrected chi connectivity index (χ4v) is 3.18. The Morgan fingerprint density at radius 2 is 1.73 bits per heavy atom. The van der Waals surface area contributed by atoms with Crippen molar-refractivity contribution < 1.29 is 0 Å². The Kier molecular flexibility index (Phi) is 3.34. The summed E-state index contributed by atoms with van der Waals surface area (Å²) in [6.45, 7) is 4.45. The third-order valence-corrected chi connectivity index (χ3v) is 4.51. The minimum Gasteiger partial charge on any atom is -0.371 e. The lowest BCUT2D eigenvalue weighted by Crippen LogP contribution is -2.29. The minimum atomic E-state index is 1.03. The lowest BCUT2D eigenvalue weighted by Gasteiger charge is -2.28. The van der Waals surface area contributed by atoms with Crippen molar-refractivity contribution in [3.05, 3.63) is 54.4 Å². The zero-order valence-corrected chi connectivity index (χ0v) is 13.0. The van der Waals surface area contributed by atoms with Crippen LogP contribution in [0.4, 0.5) is 5.69 Å². The van der Waals surface area contributed by atoms with Gasteiger partial charge in [-0.15, -0.1) is 0 Å². The van der Waals surface area contributed by atoms with Crippen molar-refractivity contribution in [3.8, 4) is 11.3 Å². The Balaban J connectivity index is 1.69. The average Bonchev–Trinajstić information content (AvgIpc) is 2.99. The summed E-state index contributed by atoms with van der Waals surface area (Å²) in [5.74, 6) is 0. The van der Waals surface area contributed by atoms with Crippen LogP contribution in [-0.2, 0) is 0 Å². The predicted molar refractivity (Wildman–Crippen MR) is 91.4 cm³/mol. The summed E-state index contributed by atoms with van der Waals surface area (Å²) in [6, 6.07) is 13.0. The number of pyridine rings is 1. The number of aryl methyl sites for hydroxylation is 1. The number of piperidine rings is 1. The van der Waals surface area contributed by atoms with Crippen LogP contribution in [0, 0.1) is 6.92 Å². The molecule has 0 unspecified atom stereocenters. The molecule has 1 aliphatic heterocycles. The first-order valence-corrected chi connectivity index (χ1v) is 8.10. The molecular formula is C19H21N3. The Labute approximate surface area is 131 Å². The van der Waals surface area contributed by atoms with Gasteiger partial charge in [0.25, 0.3) is 0 Å². The van der Waals surface area contributed by atoms with Gasteiger partial charge in [-0.1, -0.05) is 29.8 Å². The van der Waals surface area contributed by atoms with Gasteiger partial charge in [0.2, 0.25) is 0 Å². The monoisotopic (exact) mass is 291 g/mol. The maximum Gasteiger partial charge on any atom is 0.139 e. The van der Waals surface area contributed by atoms with Crippen molar-refractivity contribution in [1.29, 1.82) is 0 Å². The Hall–Kier alpha value is -2.29. The molecule has 1 aliphatic rings. The van der Waals surface area contributed by atoms with Crippen molar-refractivity contribution in [2.24, 2.45) is 0 Å². The second kappa shape index (κ2) is 5.48. The molecule has 0 aliphatic carbocycles. The third kappa shape index (κ3) is 2.47. The van der Waals surface area contributed by atoms with Crippen molar-refractivity contribution in [1.82, 2.24) is 9.38 Å². The molecule has 1 fully saturated rings. The average molecular weight is 291 g/mol. The maximum absolute atomic E-state index is 4.80. The number of hydrogen-bond acceptors (Lipinski definition) is 2. The molecule has 3 aromatic rings. The summed E-state index contributed by atoms with van der Waals surface area (Å²) < 4.78 is 2.11. The van der Waals surface area contributed by atoms with Crippen LogP contribution in [-0.4, -0.2) is 22.5 Å². The molecule has 3 nitrogen and oxygen atoms in total. The van der Waals surface area contributed by atoms with Gasteiger partial charge in [-0.3, -0.25) is 0 Å². The quantitative estimate of drug-likeness (QED) is 0.701. The van der Waals surface area contributed by atoms with E-state index in [0.29, 0.717) is 0 Å². The number of hydrogen-bond donors (Lipinski definition) is 0. The van der Waals surface area contributed by atoms with Crippen molar-refractivity contribution >= 4 is 11.3 Å². The zero-order valence-electron chi connectivity index (χ0n) is 13.0. The van der Waals surface area contributed by atoms with E-state index in [1.165, 1.54) is 49.2 Å². The first-order chi connectivity index (χ1) is 10.8. The number of nitrogens with zero attached hydrogens (tertiary/aromatic N) is 3. The molecule has 0 spiro atoms. The summed E-state index contributed by atoms with van der Waals surface area (Å²) >= 11 is 0. The van der Waals surface area contributed by atoms with Crippen LogP contribution in [0.25, 0.3) is 16.9 Å². The Morgan fingerprint density at radius 3 is 2.50 bits per heavy atom. The highest BCUT2D eigenvalue weighted by Gasteiger charge is 2.12. The molecule has 3 heterocycles. The molecule has 112 valence electrons. The first-order valence-electron chi connectivity index (χ1n) is 8.10. The van der Waals surface area contributed by atoms with Crippen LogP contribution in [0.1, 0.15) is 24.8 Å². The van der Waals surface area contributed by atoms with E-state index in [0.717, 1.165) is 11.3 Å². The van der Waals surface area contributed by atoms with E-state index in [1.54, 1.807) is 0 Å². The van der Waals surface area contributed by atoms with Gasteiger partial charge in [0.1, 0.15) is 5.65 Å². The fourth-order valence-electron chi connectivity index (χ4n) is 3.18. The fraction of sp³-hybridized carbons (Fsp3) is 0.316. The van der Waals surface area contributed by atoms with E-state index < -0.39 is 0 Å². The SMILES string of the molecule is Cc1ccc(-c2cn3ccc(N4CCCCC4)cc3n2)cc1. The molecule has 1 saturated heterocycles. The minimum absolute atomic E-state index is 1.03. The van der Waals surface area contributed by atoms with Gasteiger partial charge in [-0.2, -0.15) is 0 Å². The smallest absolute Gasteiger partial charge is 0.139 e. The molecule has 0 amide bonds. The van der Waals surface area contributed by atoms with Gasteiger partial charge < -0.3 is 9.30 Å². The molecular weight excluding hydrogens is 270 g/mol. The van der Waals surface area contributed by atoms with Gasteiger partial charge in [0, 0.05) is 42.8 Å². The van der Waals surface area contributed by atoms with Crippen LogP contribution in [0.5, 0.6) is 0 Å². The number of imidazole rings is 1. The van der Waals surface area contributed by atoms with Crippen LogP contribution < -0.4 is 4.90 Å². The molecule has 22 heavy (non-hydrogen) atoms. The Morgan fingerprint density at radius 1 is 0.955 bits per heavy atom. The molecule has 0 atom stereocenters. The van der Waals surface area contributed by atoms with E-state index in [1.807, 2.05) is 0 Å². The summed E-state index contributed by atoms with van der Waals surface area (Å²) in [7, 11) is 0. The van der Waals surface area contributed by atoms with Crippen molar-refractivity contribution in [3.63, 3.8) is 0 Å². The molecule has 0 saturated carbocycles. The number of fused-ring (bicyclic) bond motifs is 1. The van der Waals surface area contributed by atoms with Gasteiger partial charge in [-0.25, -0.2) is 4.98 Å². The van der Waals surface area contributed by atoms with Crippen molar-refractivity contribution in [2.75, 3.05) is 18.0 Å². The molecule has 0 N–H and O–H groups in total. The topological polar surface area (TPSA) is 20.5 Å². The highest BCUT2D eigenvalue weighted by Crippen LogP contribution is 2.24. The molecule has 1 aromatic carbocycles. The van der Waals surface area contributed by atoms with Crippen LogP contribution in [0.2, 0.25) is 0 Å². The van der Waals surface area contributed by atoms with Crippen LogP contribution >= 0.6 is 0 Å². The summed E-state index contributed by atoms with van der Waals surface area (Å²) in [6.07, 6.45) is 8.20. The van der Waals surface area contributed by atoms with Crippen LogP contribution in [0.15, 0.2) is 48.8 Å². The summed E-state index contributed by atoms with van der Waals surface area (Å²) in [4.78, 5) is 7.28. The van der Waals surface area contributed by atoms with E-state index in [4.69, 9.17) is 4.98 Å². The molecule has 4 rings (SSSR count). The Bertz CT molecular complexity index is 780. The van der Waals surface area contributed by atoms with Gasteiger partial charge in [0.05, 0.1) is 5.69 Å². The summed E-state index contributed by atoms with van der Waals surface area (Å²) in [5.41, 5.74) is 5.82. The highest BCUT2D eigenvalue weighted by atomic mass is 15.1. The summed E-state index contributed by atoms with van der Waals surface area (Å²) in [5, 5.41) is 0. The number of benzene rings is 1. The zero-order chi connectivity index (χ0) is 14.9. The molecule has 2 aromatic heterocycles. The van der Waals surface area contributed by atoms with Gasteiger partial charge >= 0.3 is 0 Å². The number of anilines is 1. The number of aromatic nitrogens is 2. The number of rotatable bonds is 2. The molecule has 3 heteroatoms.